The molecule has 0 N–H and O–H groups in total. The summed E-state index contributed by atoms with van der Waals surface area (Å²) in [6.07, 6.45) is -8.99. The first-order valence-electron chi connectivity index (χ1n) is 20.5. The van der Waals surface area contributed by atoms with E-state index >= 15 is 0 Å². The van der Waals surface area contributed by atoms with Crippen molar-refractivity contribution in [2.24, 2.45) is 0 Å². The Morgan fingerprint density at radius 2 is 0.803 bits per heavy atom. The van der Waals surface area contributed by atoms with E-state index in [-0.39, 0.29) is 0 Å². The first-order valence-corrected chi connectivity index (χ1v) is 20.5. The third-order valence-corrected chi connectivity index (χ3v) is 11.9. The van der Waals surface area contributed by atoms with Gasteiger partial charge in [0, 0.05) is 66.4 Å². The van der Waals surface area contributed by atoms with Gasteiger partial charge in [0.1, 0.15) is 22.3 Å². The summed E-state index contributed by atoms with van der Waals surface area (Å²) < 4.78 is 94.4. The SMILES string of the molecule is [C-]#[N+]c1ccc(N(c2ccc(C(F)(F)F)cc2)c2ccc3c(ccc4c3oc3ccc5oc6c7ccc(N(c8ccc(C#N)cc8)c8ccc(C(F)(F)F)cc8)cc7ccc6c5c34)c2)cc1. The standard InChI is InChI=1S/C54H28F6N4O2/c1-62-36-10-18-40(19-11-36)64(39-16-8-35(9-17-39)54(58,59)60)42-21-25-44-33(29-42)5-23-46-50-48(66-52(44)46)27-26-47-49(50)45-22-4-32-28-41(20-24-43(32)51(45)65-47)63(37-12-2-31(30-61)3-13-37)38-14-6-34(7-15-38)53(55,56)57/h2-29H. The second-order valence-electron chi connectivity index (χ2n) is 15.8. The molecule has 9 aromatic carbocycles. The fraction of sp³-hybridized carbons (Fsp3) is 0.0370. The van der Waals surface area contributed by atoms with Gasteiger partial charge in [0.15, 0.2) is 5.69 Å². The quantitative estimate of drug-likeness (QED) is 0.123. The van der Waals surface area contributed by atoms with Crippen molar-refractivity contribution in [2.75, 3.05) is 9.80 Å². The van der Waals surface area contributed by atoms with Gasteiger partial charge in [-0.15, -0.1) is 0 Å². The minimum absolute atomic E-state index is 0.431. The van der Waals surface area contributed by atoms with E-state index in [4.69, 9.17) is 15.4 Å². The molecule has 6 nitrogen and oxygen atoms in total. The van der Waals surface area contributed by atoms with Crippen molar-refractivity contribution < 1.29 is 35.2 Å². The van der Waals surface area contributed by atoms with Crippen LogP contribution in [0.2, 0.25) is 0 Å². The third kappa shape index (κ3) is 6.66. The van der Waals surface area contributed by atoms with Crippen LogP contribution in [0.1, 0.15) is 16.7 Å². The van der Waals surface area contributed by atoms with Gasteiger partial charge < -0.3 is 18.6 Å². The van der Waals surface area contributed by atoms with E-state index in [0.29, 0.717) is 67.7 Å². The van der Waals surface area contributed by atoms with Crippen LogP contribution >= 0.6 is 0 Å². The Balaban J connectivity index is 1.01. The van der Waals surface area contributed by atoms with Gasteiger partial charge in [-0.25, -0.2) is 4.85 Å². The Morgan fingerprint density at radius 1 is 0.439 bits per heavy atom. The minimum Gasteiger partial charge on any atom is -0.455 e. The van der Waals surface area contributed by atoms with Crippen molar-refractivity contribution in [3.8, 4) is 6.07 Å². The summed E-state index contributed by atoms with van der Waals surface area (Å²) in [6, 6.07) is 48.9. The van der Waals surface area contributed by atoms with Crippen LogP contribution in [0.25, 0.3) is 70.3 Å². The highest BCUT2D eigenvalue weighted by molar-refractivity contribution is 6.30. The number of benzene rings is 9. The van der Waals surface area contributed by atoms with Gasteiger partial charge in [-0.2, -0.15) is 31.6 Å². The van der Waals surface area contributed by atoms with Crippen molar-refractivity contribution in [2.45, 2.75) is 12.4 Å². The predicted octanol–water partition coefficient (Wildman–Crippen LogP) is 17.2. The summed E-state index contributed by atoms with van der Waals surface area (Å²) in [6.45, 7) is 7.39. The third-order valence-electron chi connectivity index (χ3n) is 11.9. The molecule has 66 heavy (non-hydrogen) atoms. The van der Waals surface area contributed by atoms with Crippen molar-refractivity contribution in [1.29, 1.82) is 5.26 Å². The second-order valence-corrected chi connectivity index (χ2v) is 15.8. The molecule has 0 amide bonds. The second kappa shape index (κ2) is 14.9. The molecule has 0 spiro atoms. The van der Waals surface area contributed by atoms with E-state index in [1.807, 2.05) is 82.6 Å². The van der Waals surface area contributed by atoms with Gasteiger partial charge in [-0.3, -0.25) is 0 Å². The maximum atomic E-state index is 13.5. The number of furan rings is 2. The molecule has 0 bridgehead atoms. The van der Waals surface area contributed by atoms with E-state index in [0.717, 1.165) is 67.4 Å². The number of rotatable bonds is 6. The summed E-state index contributed by atoms with van der Waals surface area (Å²) in [5.74, 6) is 0. The van der Waals surface area contributed by atoms with Gasteiger partial charge in [0.2, 0.25) is 0 Å². The number of anilines is 6. The molecule has 0 radical (unpaired) electrons. The van der Waals surface area contributed by atoms with Gasteiger partial charge in [-0.1, -0.05) is 24.3 Å². The smallest absolute Gasteiger partial charge is 0.416 e. The van der Waals surface area contributed by atoms with Gasteiger partial charge in [0.25, 0.3) is 0 Å². The Bertz CT molecular complexity index is 3550. The van der Waals surface area contributed by atoms with Crippen molar-refractivity contribution in [3.63, 3.8) is 0 Å². The largest absolute Gasteiger partial charge is 0.455 e. The molecule has 0 saturated carbocycles. The number of nitrogens with zero attached hydrogens (tertiary/aromatic N) is 4. The first kappa shape index (κ1) is 40.1. The highest BCUT2D eigenvalue weighted by Gasteiger charge is 2.31. The average molecular weight is 879 g/mol. The Morgan fingerprint density at radius 3 is 1.18 bits per heavy atom. The maximum Gasteiger partial charge on any atom is 0.416 e. The minimum atomic E-state index is -4.49. The van der Waals surface area contributed by atoms with E-state index in [2.05, 4.69) is 10.9 Å². The molecule has 0 aliphatic rings. The highest BCUT2D eigenvalue weighted by Crippen LogP contribution is 2.46. The predicted molar refractivity (Wildman–Crippen MR) is 246 cm³/mol. The fourth-order valence-electron chi connectivity index (χ4n) is 8.81. The maximum absolute atomic E-state index is 13.5. The lowest BCUT2D eigenvalue weighted by Crippen LogP contribution is -2.11. The van der Waals surface area contributed by atoms with Gasteiger partial charge >= 0.3 is 12.4 Å². The van der Waals surface area contributed by atoms with Crippen LogP contribution in [0, 0.1) is 17.9 Å². The molecular formula is C54H28F6N4O2. The molecule has 0 atom stereocenters. The van der Waals surface area contributed by atoms with Crippen LogP contribution in [-0.2, 0) is 12.4 Å². The molecule has 2 aromatic heterocycles. The zero-order valence-corrected chi connectivity index (χ0v) is 34.0. The van der Waals surface area contributed by atoms with Gasteiger partial charge in [0.05, 0.1) is 29.3 Å². The Hall–Kier alpha value is -8.74. The van der Waals surface area contributed by atoms with E-state index < -0.39 is 23.5 Å². The number of hydrogen-bond acceptors (Lipinski definition) is 5. The zero-order chi connectivity index (χ0) is 45.5. The topological polar surface area (TPSA) is 60.9 Å². The van der Waals surface area contributed by atoms with Crippen molar-refractivity contribution in [1.82, 2.24) is 0 Å². The average Bonchev–Trinajstić information content (AvgIpc) is 3.91. The summed E-state index contributed by atoms with van der Waals surface area (Å²) in [5, 5.41) is 16.2. The summed E-state index contributed by atoms with van der Waals surface area (Å²) >= 11 is 0. The molecule has 0 saturated heterocycles. The summed E-state index contributed by atoms with van der Waals surface area (Å²) in [5.41, 5.74) is 5.62. The fourth-order valence-corrected chi connectivity index (χ4v) is 8.81. The zero-order valence-electron chi connectivity index (χ0n) is 34.0. The first-order chi connectivity index (χ1) is 31.9. The normalized spacial score (nSPS) is 12.1. The molecule has 12 heteroatoms. The number of alkyl halides is 6. The van der Waals surface area contributed by atoms with E-state index in [1.54, 1.807) is 48.5 Å². The molecule has 0 aliphatic carbocycles. The Kier molecular flexibility index (Phi) is 9.06. The molecule has 0 fully saturated rings. The van der Waals surface area contributed by atoms with Crippen LogP contribution in [0.3, 0.4) is 0 Å². The van der Waals surface area contributed by atoms with Gasteiger partial charge in [-0.05, 0) is 156 Å². The highest BCUT2D eigenvalue weighted by atomic mass is 19.4. The van der Waals surface area contributed by atoms with Crippen molar-refractivity contribution >= 4 is 105 Å². The molecule has 2 heterocycles. The monoisotopic (exact) mass is 878 g/mol. The molecule has 11 aromatic rings. The van der Waals surface area contributed by atoms with Crippen LogP contribution < -0.4 is 9.80 Å². The van der Waals surface area contributed by atoms with Crippen LogP contribution in [0.5, 0.6) is 0 Å². The van der Waals surface area contributed by atoms with Crippen molar-refractivity contribution in [3.05, 3.63) is 198 Å². The lowest BCUT2D eigenvalue weighted by Gasteiger charge is -2.26. The lowest BCUT2D eigenvalue weighted by atomic mass is 10.00. The van der Waals surface area contributed by atoms with Crippen LogP contribution in [0.15, 0.2) is 179 Å². The summed E-state index contributed by atoms with van der Waals surface area (Å²) in [7, 11) is 0. The molecule has 0 unspecified atom stereocenters. The van der Waals surface area contributed by atoms with E-state index in [9.17, 15) is 31.6 Å². The van der Waals surface area contributed by atoms with Crippen LogP contribution in [-0.4, -0.2) is 0 Å². The Labute approximate surface area is 370 Å². The van der Waals surface area contributed by atoms with Crippen LogP contribution in [0.4, 0.5) is 66.2 Å². The number of halogens is 6. The molecule has 0 aliphatic heterocycles. The number of fused-ring (bicyclic) bond motifs is 11. The molecular weight excluding hydrogens is 851 g/mol. The lowest BCUT2D eigenvalue weighted by molar-refractivity contribution is -0.138. The number of hydrogen-bond donors (Lipinski definition) is 0. The molecule has 318 valence electrons. The molecule has 11 rings (SSSR count). The summed E-state index contributed by atoms with van der Waals surface area (Å²) in [4.78, 5) is 7.15. The van der Waals surface area contributed by atoms with E-state index in [1.165, 1.54) is 24.3 Å². The number of nitriles is 1.